The molecular weight excluding hydrogens is 485 g/mol. The molecule has 0 aromatic heterocycles. The average molecular weight is 521 g/mol. The summed E-state index contributed by atoms with van der Waals surface area (Å²) < 4.78 is 21.9. The van der Waals surface area contributed by atoms with Crippen LogP contribution in [0, 0.1) is 5.92 Å². The van der Waals surface area contributed by atoms with Crippen LogP contribution in [0.1, 0.15) is 26.2 Å². The highest BCUT2D eigenvalue weighted by atomic mass is 127. The van der Waals surface area contributed by atoms with E-state index in [1.54, 1.807) is 7.11 Å². The molecule has 166 valence electrons. The topological polar surface area (TPSA) is 73.3 Å². The zero-order valence-electron chi connectivity index (χ0n) is 17.7. The summed E-state index contributed by atoms with van der Waals surface area (Å²) in [6.45, 7) is 8.13. The number of anilines is 1. The maximum absolute atomic E-state index is 5.75. The number of hydrogen-bond donors (Lipinski definition) is 2. The van der Waals surface area contributed by atoms with Gasteiger partial charge in [0.15, 0.2) is 5.96 Å². The molecule has 1 aliphatic heterocycles. The number of benzene rings is 1. The van der Waals surface area contributed by atoms with Gasteiger partial charge in [0.1, 0.15) is 5.75 Å². The van der Waals surface area contributed by atoms with Crippen molar-refractivity contribution in [2.24, 2.45) is 10.9 Å². The Labute approximate surface area is 191 Å². The second-order valence-corrected chi connectivity index (χ2v) is 6.77. The van der Waals surface area contributed by atoms with Crippen LogP contribution in [0.4, 0.5) is 5.69 Å². The molecule has 1 aliphatic rings. The van der Waals surface area contributed by atoms with Crippen molar-refractivity contribution in [3.63, 3.8) is 0 Å². The Bertz CT molecular complexity index is 569. The van der Waals surface area contributed by atoms with Crippen LogP contribution in [0.25, 0.3) is 0 Å². The van der Waals surface area contributed by atoms with E-state index in [0.717, 1.165) is 69.6 Å². The second kappa shape index (κ2) is 16.7. The van der Waals surface area contributed by atoms with Crippen LogP contribution >= 0.6 is 24.0 Å². The molecule has 7 nitrogen and oxygen atoms in total. The predicted molar refractivity (Wildman–Crippen MR) is 128 cm³/mol. The van der Waals surface area contributed by atoms with Gasteiger partial charge in [-0.05, 0) is 31.9 Å². The molecule has 29 heavy (non-hydrogen) atoms. The van der Waals surface area contributed by atoms with Crippen LogP contribution in [0.2, 0.25) is 0 Å². The fraction of sp³-hybridized carbons (Fsp3) is 0.667. The first-order chi connectivity index (χ1) is 13.8. The number of aliphatic imine (C=N–C) groups is 1. The van der Waals surface area contributed by atoms with Gasteiger partial charge >= 0.3 is 0 Å². The third-order valence-corrected chi connectivity index (χ3v) is 4.30. The van der Waals surface area contributed by atoms with E-state index < -0.39 is 0 Å². The summed E-state index contributed by atoms with van der Waals surface area (Å²) in [5.41, 5.74) is 0.946. The summed E-state index contributed by atoms with van der Waals surface area (Å²) in [6.07, 6.45) is 2.88. The molecule has 0 bridgehead atoms. The summed E-state index contributed by atoms with van der Waals surface area (Å²) in [6, 6.07) is 7.90. The maximum Gasteiger partial charge on any atom is 0.195 e. The summed E-state index contributed by atoms with van der Waals surface area (Å²) in [5.74, 6) is 2.16. The van der Waals surface area contributed by atoms with E-state index >= 15 is 0 Å². The fourth-order valence-corrected chi connectivity index (χ4v) is 2.82. The first-order valence-corrected chi connectivity index (χ1v) is 10.2. The lowest BCUT2D eigenvalue weighted by Gasteiger charge is -2.13. The Morgan fingerprint density at radius 1 is 1.24 bits per heavy atom. The van der Waals surface area contributed by atoms with Crippen LogP contribution in [0.15, 0.2) is 29.3 Å². The minimum absolute atomic E-state index is 0. The molecule has 0 aliphatic carbocycles. The molecule has 0 spiro atoms. The minimum Gasteiger partial charge on any atom is -0.493 e. The molecule has 1 unspecified atom stereocenters. The highest BCUT2D eigenvalue weighted by Gasteiger charge is 2.15. The van der Waals surface area contributed by atoms with Crippen molar-refractivity contribution in [2.45, 2.75) is 26.2 Å². The van der Waals surface area contributed by atoms with Crippen molar-refractivity contribution in [3.05, 3.63) is 24.3 Å². The molecular formula is C21H36IN3O4. The third kappa shape index (κ3) is 11.6. The Kier molecular flexibility index (Phi) is 14.9. The Morgan fingerprint density at radius 2 is 2.14 bits per heavy atom. The highest BCUT2D eigenvalue weighted by Crippen LogP contribution is 2.17. The van der Waals surface area contributed by atoms with Gasteiger partial charge in [-0.2, -0.15) is 0 Å². The number of methoxy groups -OCH3 is 1. The maximum atomic E-state index is 5.75. The summed E-state index contributed by atoms with van der Waals surface area (Å²) >= 11 is 0. The molecule has 1 saturated heterocycles. The van der Waals surface area contributed by atoms with Gasteiger partial charge in [-0.25, -0.2) is 0 Å². The first-order valence-electron chi connectivity index (χ1n) is 10.2. The van der Waals surface area contributed by atoms with Gasteiger partial charge in [-0.3, -0.25) is 4.99 Å². The summed E-state index contributed by atoms with van der Waals surface area (Å²) in [4.78, 5) is 4.63. The molecule has 1 fully saturated rings. The van der Waals surface area contributed by atoms with Crippen molar-refractivity contribution in [2.75, 3.05) is 65.2 Å². The monoisotopic (exact) mass is 521 g/mol. The average Bonchev–Trinajstić information content (AvgIpc) is 3.22. The second-order valence-electron chi connectivity index (χ2n) is 6.77. The quantitative estimate of drug-likeness (QED) is 0.179. The van der Waals surface area contributed by atoms with Gasteiger partial charge in [-0.1, -0.05) is 6.07 Å². The van der Waals surface area contributed by atoms with Crippen molar-refractivity contribution in [1.82, 2.24) is 5.32 Å². The van der Waals surface area contributed by atoms with Gasteiger partial charge in [0.25, 0.3) is 0 Å². The van der Waals surface area contributed by atoms with Crippen LogP contribution in [-0.4, -0.2) is 65.8 Å². The number of hydrogen-bond acceptors (Lipinski definition) is 5. The van der Waals surface area contributed by atoms with Crippen molar-refractivity contribution in [3.8, 4) is 5.75 Å². The zero-order valence-corrected chi connectivity index (χ0v) is 20.0. The lowest BCUT2D eigenvalue weighted by Crippen LogP contribution is -2.30. The van der Waals surface area contributed by atoms with E-state index in [-0.39, 0.29) is 24.0 Å². The van der Waals surface area contributed by atoms with E-state index in [9.17, 15) is 0 Å². The molecule has 8 heteroatoms. The van der Waals surface area contributed by atoms with Gasteiger partial charge in [0.05, 0.1) is 19.8 Å². The number of nitrogens with zero attached hydrogens (tertiary/aromatic N) is 1. The minimum atomic E-state index is 0. The van der Waals surface area contributed by atoms with E-state index in [4.69, 9.17) is 18.9 Å². The number of halogens is 1. The molecule has 1 heterocycles. The number of nitrogens with one attached hydrogen (secondary N) is 2. The van der Waals surface area contributed by atoms with E-state index in [1.807, 2.05) is 24.3 Å². The van der Waals surface area contributed by atoms with Crippen molar-refractivity contribution < 1.29 is 18.9 Å². The van der Waals surface area contributed by atoms with Gasteiger partial charge in [-0.15, -0.1) is 24.0 Å². The molecule has 2 rings (SSSR count). The molecule has 1 atom stereocenters. The lowest BCUT2D eigenvalue weighted by atomic mass is 10.1. The molecule has 0 amide bonds. The van der Waals surface area contributed by atoms with Crippen molar-refractivity contribution >= 4 is 35.6 Å². The number of rotatable bonds is 13. The SMILES string of the molecule is CCNC(=NCCCOCC1CCOC1)Nc1cccc(OCCCOC)c1.I. The fourth-order valence-electron chi connectivity index (χ4n) is 2.82. The summed E-state index contributed by atoms with van der Waals surface area (Å²) in [5, 5.41) is 6.60. The largest absolute Gasteiger partial charge is 0.493 e. The predicted octanol–water partition coefficient (Wildman–Crippen LogP) is 3.54. The molecule has 0 radical (unpaired) electrons. The zero-order chi connectivity index (χ0) is 19.9. The molecule has 2 N–H and O–H groups in total. The third-order valence-electron chi connectivity index (χ3n) is 4.30. The normalized spacial score (nSPS) is 16.3. The van der Waals surface area contributed by atoms with E-state index in [0.29, 0.717) is 25.7 Å². The van der Waals surface area contributed by atoms with Gasteiger partial charge in [0.2, 0.25) is 0 Å². The Hall–Kier alpha value is -1.10. The lowest BCUT2D eigenvalue weighted by molar-refractivity contribution is 0.0893. The smallest absolute Gasteiger partial charge is 0.195 e. The number of ether oxygens (including phenoxy) is 4. The van der Waals surface area contributed by atoms with Gasteiger partial charge in [0, 0.05) is 64.1 Å². The van der Waals surface area contributed by atoms with E-state index in [2.05, 4.69) is 22.5 Å². The Morgan fingerprint density at radius 3 is 2.90 bits per heavy atom. The van der Waals surface area contributed by atoms with Gasteiger partial charge < -0.3 is 29.6 Å². The summed E-state index contributed by atoms with van der Waals surface area (Å²) in [7, 11) is 1.70. The molecule has 0 saturated carbocycles. The van der Waals surface area contributed by atoms with Crippen LogP contribution in [-0.2, 0) is 14.2 Å². The molecule has 1 aromatic rings. The van der Waals surface area contributed by atoms with E-state index in [1.165, 1.54) is 0 Å². The van der Waals surface area contributed by atoms with Crippen molar-refractivity contribution in [1.29, 1.82) is 0 Å². The van der Waals surface area contributed by atoms with Crippen LogP contribution in [0.5, 0.6) is 5.75 Å². The Balaban J connectivity index is 0.00000420. The standard InChI is InChI=1S/C21H35N3O4.HI/c1-3-22-21(23-10-5-12-26-16-18-9-14-27-17-18)24-19-7-4-8-20(15-19)28-13-6-11-25-2;/h4,7-8,15,18H,3,5-6,9-14,16-17H2,1-2H3,(H2,22,23,24);1H. The van der Waals surface area contributed by atoms with Crippen LogP contribution in [0.3, 0.4) is 0 Å². The number of guanidine groups is 1. The molecule has 1 aromatic carbocycles. The highest BCUT2D eigenvalue weighted by molar-refractivity contribution is 14.0. The van der Waals surface area contributed by atoms with Crippen LogP contribution < -0.4 is 15.4 Å². The first kappa shape index (κ1) is 25.9.